The molecule has 0 spiro atoms. The van der Waals surface area contributed by atoms with Crippen molar-refractivity contribution in [1.29, 1.82) is 0 Å². The average Bonchev–Trinajstić information content (AvgIpc) is 2.49. The molecule has 0 N–H and O–H groups in total. The van der Waals surface area contributed by atoms with Crippen molar-refractivity contribution in [2.45, 2.75) is 6.92 Å². The number of nitrogens with zero attached hydrogens (tertiary/aromatic N) is 1. The van der Waals surface area contributed by atoms with Crippen LogP contribution in [0.4, 0.5) is 0 Å². The Morgan fingerprint density at radius 2 is 2.00 bits per heavy atom. The van der Waals surface area contributed by atoms with Gasteiger partial charge in [0, 0.05) is 11.9 Å². The first-order chi connectivity index (χ1) is 7.15. The van der Waals surface area contributed by atoms with Gasteiger partial charge in [0.2, 0.25) is 0 Å². The standard InChI is InChI=1S/C11H8ClNO2/c1-7-13-10(11(14)15-7)6-8-2-4-9(12)5-3-8/h2-6H,1H3. The Hall–Kier alpha value is -1.61. The van der Waals surface area contributed by atoms with E-state index in [1.54, 1.807) is 25.1 Å². The van der Waals surface area contributed by atoms with E-state index in [0.717, 1.165) is 5.56 Å². The number of halogens is 1. The highest BCUT2D eigenvalue weighted by molar-refractivity contribution is 6.30. The van der Waals surface area contributed by atoms with Gasteiger partial charge in [0.15, 0.2) is 11.6 Å². The Kier molecular flexibility index (Phi) is 2.56. The number of carbonyl (C=O) groups excluding carboxylic acids is 1. The normalized spacial score (nSPS) is 17.9. The molecule has 1 aliphatic heterocycles. The van der Waals surface area contributed by atoms with Crippen molar-refractivity contribution in [2.24, 2.45) is 4.99 Å². The van der Waals surface area contributed by atoms with Crippen LogP contribution in [0.3, 0.4) is 0 Å². The molecule has 15 heavy (non-hydrogen) atoms. The number of benzene rings is 1. The Labute approximate surface area is 92.0 Å². The first-order valence-corrected chi connectivity index (χ1v) is 4.78. The minimum absolute atomic E-state index is 0.315. The summed E-state index contributed by atoms with van der Waals surface area (Å²) in [6.07, 6.45) is 1.66. The molecule has 1 heterocycles. The number of carbonyl (C=O) groups is 1. The fourth-order valence-corrected chi connectivity index (χ4v) is 1.36. The molecule has 0 unspecified atom stereocenters. The van der Waals surface area contributed by atoms with E-state index in [0.29, 0.717) is 16.6 Å². The van der Waals surface area contributed by atoms with Crippen LogP contribution < -0.4 is 0 Å². The van der Waals surface area contributed by atoms with Crippen molar-refractivity contribution in [1.82, 2.24) is 0 Å². The molecular formula is C11H8ClNO2. The van der Waals surface area contributed by atoms with Crippen LogP contribution in [-0.2, 0) is 9.53 Å². The maximum absolute atomic E-state index is 11.2. The van der Waals surface area contributed by atoms with Crippen LogP contribution in [0.25, 0.3) is 6.08 Å². The van der Waals surface area contributed by atoms with Gasteiger partial charge in [0.05, 0.1) is 0 Å². The molecule has 0 atom stereocenters. The van der Waals surface area contributed by atoms with Gasteiger partial charge < -0.3 is 4.74 Å². The minimum Gasteiger partial charge on any atom is -0.407 e. The Bertz CT molecular complexity index is 460. The van der Waals surface area contributed by atoms with Gasteiger partial charge in [-0.15, -0.1) is 0 Å². The summed E-state index contributed by atoms with van der Waals surface area (Å²) in [5, 5.41) is 0.658. The lowest BCUT2D eigenvalue weighted by Crippen LogP contribution is -1.99. The Morgan fingerprint density at radius 1 is 1.33 bits per heavy atom. The molecule has 1 aromatic carbocycles. The Morgan fingerprint density at radius 3 is 2.53 bits per heavy atom. The second kappa shape index (κ2) is 3.87. The smallest absolute Gasteiger partial charge is 0.363 e. The fourth-order valence-electron chi connectivity index (χ4n) is 1.23. The zero-order valence-corrected chi connectivity index (χ0v) is 8.78. The average molecular weight is 222 g/mol. The topological polar surface area (TPSA) is 38.7 Å². The van der Waals surface area contributed by atoms with Crippen molar-refractivity contribution in [3.8, 4) is 0 Å². The first-order valence-electron chi connectivity index (χ1n) is 4.40. The van der Waals surface area contributed by atoms with Crippen molar-refractivity contribution >= 4 is 29.5 Å². The van der Waals surface area contributed by atoms with Gasteiger partial charge in [0.25, 0.3) is 0 Å². The molecular weight excluding hydrogens is 214 g/mol. The van der Waals surface area contributed by atoms with Gasteiger partial charge >= 0.3 is 5.97 Å². The second-order valence-electron chi connectivity index (χ2n) is 3.10. The monoisotopic (exact) mass is 221 g/mol. The van der Waals surface area contributed by atoms with Crippen LogP contribution in [0, 0.1) is 0 Å². The fraction of sp³-hybridized carbons (Fsp3) is 0.0909. The van der Waals surface area contributed by atoms with E-state index < -0.39 is 5.97 Å². The summed E-state index contributed by atoms with van der Waals surface area (Å²) in [4.78, 5) is 15.2. The summed E-state index contributed by atoms with van der Waals surface area (Å²) in [6.45, 7) is 1.64. The van der Waals surface area contributed by atoms with E-state index in [1.807, 2.05) is 12.1 Å². The first kappa shape index (κ1) is 9.93. The molecule has 0 radical (unpaired) electrons. The third-order valence-corrected chi connectivity index (χ3v) is 2.15. The molecule has 76 valence electrons. The lowest BCUT2D eigenvalue weighted by Gasteiger charge is -1.94. The molecule has 0 fully saturated rings. The summed E-state index contributed by atoms with van der Waals surface area (Å²) in [5.74, 6) is -0.0392. The maximum Gasteiger partial charge on any atom is 0.363 e. The zero-order valence-electron chi connectivity index (χ0n) is 8.03. The van der Waals surface area contributed by atoms with E-state index in [1.165, 1.54) is 0 Å². The quantitative estimate of drug-likeness (QED) is 0.540. The number of hydrogen-bond acceptors (Lipinski definition) is 3. The van der Waals surface area contributed by atoms with Gasteiger partial charge in [0.1, 0.15) is 0 Å². The SMILES string of the molecule is CC1=NC(=Cc2ccc(Cl)cc2)C(=O)O1. The van der Waals surface area contributed by atoms with Crippen LogP contribution in [0.2, 0.25) is 5.02 Å². The predicted molar refractivity (Wildman–Crippen MR) is 58.6 cm³/mol. The number of esters is 1. The van der Waals surface area contributed by atoms with Crippen LogP contribution in [-0.4, -0.2) is 11.9 Å². The second-order valence-corrected chi connectivity index (χ2v) is 3.54. The van der Waals surface area contributed by atoms with E-state index in [-0.39, 0.29) is 0 Å². The number of rotatable bonds is 1. The van der Waals surface area contributed by atoms with Gasteiger partial charge in [-0.2, -0.15) is 0 Å². The maximum atomic E-state index is 11.2. The number of aliphatic imine (C=N–C) groups is 1. The minimum atomic E-state index is -0.414. The molecule has 1 aliphatic rings. The molecule has 0 amide bonds. The molecule has 2 rings (SSSR count). The van der Waals surface area contributed by atoms with Crippen LogP contribution in [0.5, 0.6) is 0 Å². The summed E-state index contributed by atoms with van der Waals surface area (Å²) < 4.78 is 4.79. The van der Waals surface area contributed by atoms with Crippen LogP contribution in [0.15, 0.2) is 35.0 Å². The highest BCUT2D eigenvalue weighted by Crippen LogP contribution is 2.16. The predicted octanol–water partition coefficient (Wildman–Crippen LogP) is 2.66. The third kappa shape index (κ3) is 2.25. The molecule has 0 aromatic heterocycles. The number of hydrogen-bond donors (Lipinski definition) is 0. The third-order valence-electron chi connectivity index (χ3n) is 1.90. The van der Waals surface area contributed by atoms with E-state index in [2.05, 4.69) is 4.99 Å². The van der Waals surface area contributed by atoms with Gasteiger partial charge in [-0.25, -0.2) is 9.79 Å². The zero-order chi connectivity index (χ0) is 10.8. The molecule has 1 aromatic rings. The van der Waals surface area contributed by atoms with Crippen molar-refractivity contribution in [2.75, 3.05) is 0 Å². The van der Waals surface area contributed by atoms with Gasteiger partial charge in [-0.3, -0.25) is 0 Å². The summed E-state index contributed by atoms with van der Waals surface area (Å²) in [5.41, 5.74) is 1.18. The molecule has 3 nitrogen and oxygen atoms in total. The lowest BCUT2D eigenvalue weighted by molar-refractivity contribution is -0.130. The molecule has 0 bridgehead atoms. The molecule has 0 saturated heterocycles. The lowest BCUT2D eigenvalue weighted by atomic mass is 10.2. The molecule has 0 saturated carbocycles. The highest BCUT2D eigenvalue weighted by atomic mass is 35.5. The number of ether oxygens (including phenoxy) is 1. The van der Waals surface area contributed by atoms with Gasteiger partial charge in [-0.1, -0.05) is 23.7 Å². The Balaban J connectivity index is 2.31. The number of cyclic esters (lactones) is 1. The van der Waals surface area contributed by atoms with Crippen LogP contribution >= 0.6 is 11.6 Å². The molecule has 0 aliphatic carbocycles. The van der Waals surface area contributed by atoms with Crippen molar-refractivity contribution in [3.05, 3.63) is 40.5 Å². The van der Waals surface area contributed by atoms with Gasteiger partial charge in [-0.05, 0) is 23.8 Å². The van der Waals surface area contributed by atoms with Crippen molar-refractivity contribution < 1.29 is 9.53 Å². The van der Waals surface area contributed by atoms with E-state index in [9.17, 15) is 4.79 Å². The summed E-state index contributed by atoms with van der Waals surface area (Å²) in [7, 11) is 0. The van der Waals surface area contributed by atoms with Crippen molar-refractivity contribution in [3.63, 3.8) is 0 Å². The summed E-state index contributed by atoms with van der Waals surface area (Å²) in [6, 6.07) is 7.13. The van der Waals surface area contributed by atoms with Crippen LogP contribution in [0.1, 0.15) is 12.5 Å². The van der Waals surface area contributed by atoms with E-state index in [4.69, 9.17) is 16.3 Å². The molecule has 4 heteroatoms. The summed E-state index contributed by atoms with van der Waals surface area (Å²) >= 11 is 5.74. The van der Waals surface area contributed by atoms with E-state index >= 15 is 0 Å². The largest absolute Gasteiger partial charge is 0.407 e. The highest BCUT2D eigenvalue weighted by Gasteiger charge is 2.19.